The number of ketones is 1. The summed E-state index contributed by atoms with van der Waals surface area (Å²) >= 11 is 0.463. The predicted molar refractivity (Wildman–Crippen MR) is 100 cm³/mol. The van der Waals surface area contributed by atoms with Crippen LogP contribution in [0.2, 0.25) is 0 Å². The third kappa shape index (κ3) is 5.65. The summed E-state index contributed by atoms with van der Waals surface area (Å²) in [7, 11) is 0. The second kappa shape index (κ2) is 9.31. The maximum Gasteiger partial charge on any atom is 0.289 e. The zero-order valence-corrected chi connectivity index (χ0v) is 15.8. The molecule has 1 aromatic carbocycles. The van der Waals surface area contributed by atoms with Crippen LogP contribution in [0.3, 0.4) is 0 Å². The van der Waals surface area contributed by atoms with E-state index < -0.39 is 40.0 Å². The van der Waals surface area contributed by atoms with Crippen molar-refractivity contribution in [1.82, 2.24) is 16.0 Å². The van der Waals surface area contributed by atoms with Gasteiger partial charge in [-0.25, -0.2) is 0 Å². The van der Waals surface area contributed by atoms with Crippen LogP contribution in [0.25, 0.3) is 0 Å². The molecule has 8 nitrogen and oxygen atoms in total. The highest BCUT2D eigenvalue weighted by Gasteiger charge is 2.33. The average molecular weight is 391 g/mol. The minimum atomic E-state index is -0.939. The molecule has 3 N–H and O–H groups in total. The molecule has 1 heterocycles. The van der Waals surface area contributed by atoms with Crippen molar-refractivity contribution in [3.8, 4) is 0 Å². The molecule has 0 aromatic heterocycles. The Hall–Kier alpha value is -2.68. The molecule has 9 heteroatoms. The Morgan fingerprint density at radius 2 is 1.81 bits per heavy atom. The van der Waals surface area contributed by atoms with Gasteiger partial charge in [0.25, 0.3) is 11.1 Å². The number of rotatable bonds is 5. The van der Waals surface area contributed by atoms with Gasteiger partial charge in [-0.15, -0.1) is 0 Å². The zero-order valence-electron chi connectivity index (χ0n) is 15.0. The van der Waals surface area contributed by atoms with Crippen LogP contribution in [-0.2, 0) is 14.4 Å². The minimum absolute atomic E-state index is 0.283. The second-order valence-corrected chi connectivity index (χ2v) is 7.32. The molecule has 0 bridgehead atoms. The molecule has 2 atom stereocenters. The van der Waals surface area contributed by atoms with Crippen molar-refractivity contribution in [3.05, 3.63) is 35.9 Å². The van der Waals surface area contributed by atoms with E-state index in [1.807, 2.05) is 0 Å². The Labute approximate surface area is 160 Å². The van der Waals surface area contributed by atoms with E-state index in [1.165, 1.54) is 0 Å². The molecule has 1 aliphatic rings. The lowest BCUT2D eigenvalue weighted by atomic mass is 10.0. The summed E-state index contributed by atoms with van der Waals surface area (Å²) in [6, 6.07) is 6.47. The monoisotopic (exact) mass is 391 g/mol. The number of carbonyl (C=O) groups excluding carboxylic acids is 5. The predicted octanol–water partition coefficient (Wildman–Crippen LogP) is 0.868. The lowest BCUT2D eigenvalue weighted by molar-refractivity contribution is -0.142. The maximum atomic E-state index is 12.5. The summed E-state index contributed by atoms with van der Waals surface area (Å²) in [4.78, 5) is 60.0. The number of benzene rings is 1. The van der Waals surface area contributed by atoms with E-state index in [0.29, 0.717) is 17.3 Å². The standard InChI is InChI=1S/C18H21N3O5S/c1-10(2)13(15(23)20-12-8-9-19-16(24)14(12)22)21-18(26)27-17(25)11-6-4-3-5-7-11/h3-7,10,12-13H,8-9H2,1-2H3,(H,19,24)(H,20,23)(H,21,26). The lowest BCUT2D eigenvalue weighted by Gasteiger charge is -2.26. The molecule has 0 aliphatic carbocycles. The van der Waals surface area contributed by atoms with Crippen LogP contribution >= 0.6 is 11.8 Å². The normalized spacial score (nSPS) is 17.8. The summed E-state index contributed by atoms with van der Waals surface area (Å²) in [5, 5.41) is 6.33. The number of Topliss-reactive ketones (excluding diaryl/α,β-unsaturated/α-hetero) is 1. The number of carbonyl (C=O) groups is 5. The molecule has 2 rings (SSSR count). The third-order valence-corrected chi connectivity index (χ3v) is 4.72. The number of nitrogens with one attached hydrogen (secondary N) is 3. The Bertz CT molecular complexity index is 751. The average Bonchev–Trinajstić information content (AvgIpc) is 2.63. The van der Waals surface area contributed by atoms with Crippen LogP contribution in [0, 0.1) is 5.92 Å². The molecule has 3 amide bonds. The summed E-state index contributed by atoms with van der Waals surface area (Å²) in [5.41, 5.74) is 0.377. The molecular weight excluding hydrogens is 370 g/mol. The van der Waals surface area contributed by atoms with Crippen LogP contribution in [0.1, 0.15) is 30.6 Å². The number of hydrogen-bond acceptors (Lipinski definition) is 6. The molecule has 0 radical (unpaired) electrons. The molecular formula is C18H21N3O5S. The van der Waals surface area contributed by atoms with Gasteiger partial charge < -0.3 is 16.0 Å². The van der Waals surface area contributed by atoms with E-state index in [0.717, 1.165) is 0 Å². The van der Waals surface area contributed by atoms with Crippen molar-refractivity contribution in [2.24, 2.45) is 5.92 Å². The third-order valence-electron chi connectivity index (χ3n) is 3.99. The first-order valence-corrected chi connectivity index (χ1v) is 9.31. The van der Waals surface area contributed by atoms with E-state index >= 15 is 0 Å². The Morgan fingerprint density at radius 1 is 1.15 bits per heavy atom. The van der Waals surface area contributed by atoms with Crippen molar-refractivity contribution < 1.29 is 24.0 Å². The molecule has 144 valence electrons. The smallest absolute Gasteiger partial charge is 0.289 e. The number of hydrogen-bond donors (Lipinski definition) is 3. The van der Waals surface area contributed by atoms with Crippen LogP contribution in [-0.4, -0.2) is 46.6 Å². The molecule has 1 saturated heterocycles. The molecule has 0 saturated carbocycles. The Kier molecular flexibility index (Phi) is 7.12. The number of amides is 3. The molecule has 1 aliphatic heterocycles. The van der Waals surface area contributed by atoms with Crippen molar-refractivity contribution in [1.29, 1.82) is 0 Å². The van der Waals surface area contributed by atoms with Gasteiger partial charge in [0.2, 0.25) is 16.8 Å². The van der Waals surface area contributed by atoms with Gasteiger partial charge in [-0.3, -0.25) is 24.0 Å². The van der Waals surface area contributed by atoms with Crippen LogP contribution < -0.4 is 16.0 Å². The fraction of sp³-hybridized carbons (Fsp3) is 0.389. The maximum absolute atomic E-state index is 12.5. The van der Waals surface area contributed by atoms with Crippen molar-refractivity contribution in [2.75, 3.05) is 6.54 Å². The van der Waals surface area contributed by atoms with Gasteiger partial charge >= 0.3 is 0 Å². The summed E-state index contributed by atoms with van der Waals surface area (Å²) in [6.07, 6.45) is 0.288. The first-order valence-electron chi connectivity index (χ1n) is 8.49. The Balaban J connectivity index is 1.96. The highest BCUT2D eigenvalue weighted by Crippen LogP contribution is 2.14. The van der Waals surface area contributed by atoms with Crippen molar-refractivity contribution >= 4 is 39.7 Å². The van der Waals surface area contributed by atoms with Crippen molar-refractivity contribution in [2.45, 2.75) is 32.4 Å². The van der Waals surface area contributed by atoms with E-state index in [2.05, 4.69) is 16.0 Å². The molecule has 1 aromatic rings. The molecule has 2 unspecified atom stereocenters. The summed E-state index contributed by atoms with van der Waals surface area (Å²) in [6.45, 7) is 3.74. The van der Waals surface area contributed by atoms with Crippen LogP contribution in [0.15, 0.2) is 30.3 Å². The Morgan fingerprint density at radius 3 is 2.44 bits per heavy atom. The van der Waals surface area contributed by atoms with Gasteiger partial charge in [-0.2, -0.15) is 0 Å². The van der Waals surface area contributed by atoms with E-state index in [4.69, 9.17) is 0 Å². The quantitative estimate of drug-likeness (QED) is 0.641. The van der Waals surface area contributed by atoms with Gasteiger partial charge in [0.15, 0.2) is 0 Å². The van der Waals surface area contributed by atoms with Gasteiger partial charge in [0, 0.05) is 23.9 Å². The fourth-order valence-electron chi connectivity index (χ4n) is 2.51. The van der Waals surface area contributed by atoms with E-state index in [1.54, 1.807) is 44.2 Å². The zero-order chi connectivity index (χ0) is 20.0. The summed E-state index contributed by atoms with van der Waals surface area (Å²) < 4.78 is 0. The second-order valence-electron chi connectivity index (χ2n) is 6.38. The lowest BCUT2D eigenvalue weighted by Crippen LogP contribution is -2.57. The molecule has 0 spiro atoms. The van der Waals surface area contributed by atoms with E-state index in [9.17, 15) is 24.0 Å². The SMILES string of the molecule is CC(C)C(NC(=O)SC(=O)c1ccccc1)C(=O)NC1CCNC(=O)C1=O. The van der Waals surface area contributed by atoms with Crippen LogP contribution in [0.5, 0.6) is 0 Å². The van der Waals surface area contributed by atoms with Gasteiger partial charge in [-0.1, -0.05) is 44.2 Å². The minimum Gasteiger partial charge on any atom is -0.349 e. The molecule has 1 fully saturated rings. The largest absolute Gasteiger partial charge is 0.349 e. The van der Waals surface area contributed by atoms with Crippen molar-refractivity contribution in [3.63, 3.8) is 0 Å². The topological polar surface area (TPSA) is 121 Å². The fourth-order valence-corrected chi connectivity index (χ4v) is 3.12. The number of thioether (sulfide) groups is 1. The van der Waals surface area contributed by atoms with Crippen LogP contribution in [0.4, 0.5) is 4.79 Å². The first kappa shape index (κ1) is 20.6. The highest BCUT2D eigenvalue weighted by atomic mass is 32.2. The first-order chi connectivity index (χ1) is 12.8. The molecule has 27 heavy (non-hydrogen) atoms. The summed E-state index contributed by atoms with van der Waals surface area (Å²) in [5.74, 6) is -2.30. The van der Waals surface area contributed by atoms with Gasteiger partial charge in [0.05, 0.1) is 6.04 Å². The highest BCUT2D eigenvalue weighted by molar-refractivity contribution is 8.26. The van der Waals surface area contributed by atoms with Gasteiger partial charge in [-0.05, 0) is 12.3 Å². The number of piperidine rings is 1. The van der Waals surface area contributed by atoms with Gasteiger partial charge in [0.1, 0.15) is 6.04 Å². The van der Waals surface area contributed by atoms with E-state index in [-0.39, 0.29) is 18.9 Å².